The average Bonchev–Trinajstić information content (AvgIpc) is 3.09. The van der Waals surface area contributed by atoms with Crippen LogP contribution in [0.25, 0.3) is 0 Å². The van der Waals surface area contributed by atoms with Gasteiger partial charge in [0.05, 0.1) is 12.6 Å². The lowest BCUT2D eigenvalue weighted by atomic mass is 10.0. The van der Waals surface area contributed by atoms with Gasteiger partial charge in [0.15, 0.2) is 5.82 Å². The maximum atomic E-state index is 13.1. The Morgan fingerprint density at radius 2 is 2.08 bits per heavy atom. The van der Waals surface area contributed by atoms with E-state index in [2.05, 4.69) is 20.1 Å². The van der Waals surface area contributed by atoms with Crippen molar-refractivity contribution in [1.82, 2.24) is 20.1 Å². The Balaban J connectivity index is 1.49. The van der Waals surface area contributed by atoms with Gasteiger partial charge in [-0.3, -0.25) is 14.8 Å². The molecule has 0 aliphatic carbocycles. The number of piperidine rings is 1. The van der Waals surface area contributed by atoms with Gasteiger partial charge in [0.2, 0.25) is 5.91 Å². The highest BCUT2D eigenvalue weighted by Crippen LogP contribution is 2.27. The van der Waals surface area contributed by atoms with Crippen molar-refractivity contribution in [3.63, 3.8) is 0 Å². The van der Waals surface area contributed by atoms with Gasteiger partial charge in [-0.1, -0.05) is 18.2 Å². The second kappa shape index (κ2) is 6.93. The normalized spacial score (nSPS) is 25.3. The highest BCUT2D eigenvalue weighted by Gasteiger charge is 2.37. The number of morpholine rings is 1. The lowest BCUT2D eigenvalue weighted by Gasteiger charge is -2.41. The third-order valence-electron chi connectivity index (χ3n) is 4.92. The predicted octanol–water partition coefficient (Wildman–Crippen LogP) is 1.68. The molecule has 0 radical (unpaired) electrons. The summed E-state index contributed by atoms with van der Waals surface area (Å²) >= 11 is 0. The summed E-state index contributed by atoms with van der Waals surface area (Å²) in [6, 6.07) is 9.82. The number of ether oxygens (including phenoxy) is 1. The molecule has 0 spiro atoms. The minimum atomic E-state index is -0.182. The standard InChI is InChI=1S/C18H23N5O2/c1-13-19-17(21-20-13)16-12-22(10-11-25-16)15-8-5-9-23(18(15)24)14-6-3-2-4-7-14/h2-4,6-7,15-16H,5,8-12H2,1H3,(H,19,20,21)/t15-,16+/m1/s1. The number of hydrogen-bond donors (Lipinski definition) is 1. The van der Waals surface area contributed by atoms with Gasteiger partial charge in [-0.05, 0) is 31.9 Å². The number of nitrogens with one attached hydrogen (secondary N) is 1. The zero-order valence-corrected chi connectivity index (χ0v) is 14.4. The summed E-state index contributed by atoms with van der Waals surface area (Å²) in [7, 11) is 0. The van der Waals surface area contributed by atoms with Gasteiger partial charge >= 0.3 is 0 Å². The zero-order chi connectivity index (χ0) is 17.2. The Bertz CT molecular complexity index is 732. The Morgan fingerprint density at radius 3 is 2.84 bits per heavy atom. The lowest BCUT2D eigenvalue weighted by Crippen LogP contribution is -2.55. The number of para-hydroxylation sites is 1. The summed E-state index contributed by atoms with van der Waals surface area (Å²) in [5.74, 6) is 1.63. The molecule has 1 N–H and O–H groups in total. The summed E-state index contributed by atoms with van der Waals surface area (Å²) in [5, 5.41) is 7.08. The monoisotopic (exact) mass is 341 g/mol. The van der Waals surface area contributed by atoms with Crippen LogP contribution in [0.3, 0.4) is 0 Å². The van der Waals surface area contributed by atoms with Gasteiger partial charge in [-0.25, -0.2) is 4.98 Å². The Labute approximate surface area is 147 Å². The maximum Gasteiger partial charge on any atom is 0.244 e. The van der Waals surface area contributed by atoms with Crippen LogP contribution in [0.15, 0.2) is 30.3 Å². The van der Waals surface area contributed by atoms with Crippen LogP contribution in [0.4, 0.5) is 5.69 Å². The molecule has 7 nitrogen and oxygen atoms in total. The fourth-order valence-electron chi connectivity index (χ4n) is 3.67. The molecule has 1 amide bonds. The molecule has 132 valence electrons. The fourth-order valence-corrected chi connectivity index (χ4v) is 3.67. The molecule has 2 fully saturated rings. The summed E-state index contributed by atoms with van der Waals surface area (Å²) in [6.07, 6.45) is 1.72. The molecule has 0 saturated carbocycles. The number of nitrogens with zero attached hydrogens (tertiary/aromatic N) is 4. The number of rotatable bonds is 3. The van der Waals surface area contributed by atoms with Crippen molar-refractivity contribution in [3.8, 4) is 0 Å². The van der Waals surface area contributed by atoms with Crippen LogP contribution >= 0.6 is 0 Å². The SMILES string of the molecule is Cc1nc([C@@H]2CN([C@@H]3CCCN(c4ccccc4)C3=O)CCO2)n[nH]1. The second-order valence-corrected chi connectivity index (χ2v) is 6.62. The largest absolute Gasteiger partial charge is 0.367 e. The molecule has 2 atom stereocenters. The first kappa shape index (κ1) is 16.2. The minimum absolute atomic E-state index is 0.0969. The number of carbonyl (C=O) groups is 1. The number of anilines is 1. The molecule has 1 aromatic carbocycles. The van der Waals surface area contributed by atoms with E-state index in [0.29, 0.717) is 19.0 Å². The maximum absolute atomic E-state index is 13.1. The first-order valence-corrected chi connectivity index (χ1v) is 8.83. The van der Waals surface area contributed by atoms with E-state index in [1.54, 1.807) is 0 Å². The summed E-state index contributed by atoms with van der Waals surface area (Å²) in [4.78, 5) is 21.6. The van der Waals surface area contributed by atoms with Crippen LogP contribution in [-0.4, -0.2) is 58.3 Å². The molecular weight excluding hydrogens is 318 g/mol. The first-order chi connectivity index (χ1) is 12.2. The van der Waals surface area contributed by atoms with Crippen LogP contribution in [0.5, 0.6) is 0 Å². The number of aromatic amines is 1. The van der Waals surface area contributed by atoms with Crippen LogP contribution in [0, 0.1) is 6.92 Å². The highest BCUT2D eigenvalue weighted by atomic mass is 16.5. The Morgan fingerprint density at radius 1 is 1.24 bits per heavy atom. The van der Waals surface area contributed by atoms with Gasteiger partial charge in [-0.15, -0.1) is 0 Å². The molecule has 2 aromatic rings. The molecule has 7 heteroatoms. The van der Waals surface area contributed by atoms with E-state index in [9.17, 15) is 4.79 Å². The van der Waals surface area contributed by atoms with E-state index < -0.39 is 0 Å². The molecule has 0 unspecified atom stereocenters. The lowest BCUT2D eigenvalue weighted by molar-refractivity contribution is -0.129. The summed E-state index contributed by atoms with van der Waals surface area (Å²) < 4.78 is 5.83. The predicted molar refractivity (Wildman–Crippen MR) is 93.2 cm³/mol. The third kappa shape index (κ3) is 3.29. The van der Waals surface area contributed by atoms with E-state index >= 15 is 0 Å². The molecule has 2 aliphatic rings. The molecule has 1 aromatic heterocycles. The number of H-pyrrole nitrogens is 1. The van der Waals surface area contributed by atoms with Crippen LogP contribution < -0.4 is 4.90 Å². The third-order valence-corrected chi connectivity index (χ3v) is 4.92. The molecule has 3 heterocycles. The van der Waals surface area contributed by atoms with Crippen molar-refractivity contribution in [3.05, 3.63) is 42.0 Å². The quantitative estimate of drug-likeness (QED) is 0.919. The van der Waals surface area contributed by atoms with E-state index in [1.807, 2.05) is 42.2 Å². The molecule has 4 rings (SSSR count). The molecule has 2 saturated heterocycles. The van der Waals surface area contributed by atoms with Gasteiger partial charge in [0, 0.05) is 25.3 Å². The summed E-state index contributed by atoms with van der Waals surface area (Å²) in [5.41, 5.74) is 0.978. The van der Waals surface area contributed by atoms with Crippen molar-refractivity contribution < 1.29 is 9.53 Å². The molecule has 2 aliphatic heterocycles. The van der Waals surface area contributed by atoms with E-state index in [0.717, 1.165) is 37.4 Å². The Hall–Kier alpha value is -2.25. The van der Waals surface area contributed by atoms with Crippen LogP contribution in [0.2, 0.25) is 0 Å². The van der Waals surface area contributed by atoms with Gasteiger partial charge in [0.25, 0.3) is 0 Å². The van der Waals surface area contributed by atoms with Crippen molar-refractivity contribution >= 4 is 11.6 Å². The topological polar surface area (TPSA) is 74.3 Å². The van der Waals surface area contributed by atoms with Crippen LogP contribution in [-0.2, 0) is 9.53 Å². The van der Waals surface area contributed by atoms with E-state index in [1.165, 1.54) is 0 Å². The van der Waals surface area contributed by atoms with E-state index in [4.69, 9.17) is 4.74 Å². The number of aryl methyl sites for hydroxylation is 1. The minimum Gasteiger partial charge on any atom is -0.367 e. The van der Waals surface area contributed by atoms with Gasteiger partial charge in [-0.2, -0.15) is 5.10 Å². The number of benzene rings is 1. The van der Waals surface area contributed by atoms with Crippen molar-refractivity contribution in [2.45, 2.75) is 31.9 Å². The average molecular weight is 341 g/mol. The van der Waals surface area contributed by atoms with Crippen LogP contribution in [0.1, 0.15) is 30.6 Å². The van der Waals surface area contributed by atoms with Crippen molar-refractivity contribution in [2.24, 2.45) is 0 Å². The second-order valence-electron chi connectivity index (χ2n) is 6.62. The first-order valence-electron chi connectivity index (χ1n) is 8.83. The summed E-state index contributed by atoms with van der Waals surface area (Å²) in [6.45, 7) is 4.66. The highest BCUT2D eigenvalue weighted by molar-refractivity contribution is 5.97. The number of amides is 1. The zero-order valence-electron chi connectivity index (χ0n) is 14.4. The fraction of sp³-hybridized carbons (Fsp3) is 0.500. The van der Waals surface area contributed by atoms with Crippen molar-refractivity contribution in [1.29, 1.82) is 0 Å². The van der Waals surface area contributed by atoms with Crippen molar-refractivity contribution in [2.75, 3.05) is 31.1 Å². The Kier molecular flexibility index (Phi) is 4.50. The number of carbonyl (C=O) groups excluding carboxylic acids is 1. The van der Waals surface area contributed by atoms with Gasteiger partial charge in [0.1, 0.15) is 11.9 Å². The van der Waals surface area contributed by atoms with Gasteiger partial charge < -0.3 is 9.64 Å². The molecule has 0 bridgehead atoms. The van der Waals surface area contributed by atoms with E-state index in [-0.39, 0.29) is 18.1 Å². The molecule has 25 heavy (non-hydrogen) atoms. The number of aromatic nitrogens is 3. The molecular formula is C18H23N5O2. The number of hydrogen-bond acceptors (Lipinski definition) is 5. The smallest absolute Gasteiger partial charge is 0.244 e.